The Morgan fingerprint density at radius 2 is 0.850 bits per heavy atom. The van der Waals surface area contributed by atoms with Crippen molar-refractivity contribution >= 4 is 0 Å². The van der Waals surface area contributed by atoms with Crippen LogP contribution in [0.5, 0.6) is 0 Å². The fourth-order valence-corrected chi connectivity index (χ4v) is 10.2. The van der Waals surface area contributed by atoms with Crippen molar-refractivity contribution in [3.8, 4) is 0 Å². The Labute approximate surface area is 488 Å². The number of hydrogen-bond acceptors (Lipinski definition) is 6. The SMILES string of the molecule is C=C1C=C(C)C(C)=C(C)N1C(C)(C)C.C=C1C=C(C)C(C)=CN1C(C)(C)C.C=C1C=C(C)C=C(C)N1C(C)(C)C.Cc1cc(=O)n(C(C)(C)C)c(C)c1C.Cc1cc(=O)n(C(C)(C)C)cc1C.Cc1cc(C)n(C(C)(C)C)c(=O)c1. The number of nitrogens with zero attached hydrogens (tertiary/aromatic N) is 6. The van der Waals surface area contributed by atoms with Crippen molar-refractivity contribution in [1.29, 1.82) is 0 Å². The molecule has 9 heteroatoms. The predicted molar refractivity (Wildman–Crippen MR) is 350 cm³/mol. The van der Waals surface area contributed by atoms with E-state index in [-0.39, 0.29) is 49.9 Å². The van der Waals surface area contributed by atoms with Crippen molar-refractivity contribution in [3.63, 3.8) is 0 Å². The standard InChI is InChI=1S/C13H21N.C12H19NO.2C12H19N.2C11H17NO/c1-9-8-10(2)14(13(5,6)7)12(4)11(9)3;1-8-7-11(14)13(12(4,5)6)10(3)9(8)2;1-9-7-11(3)13(8-10(9)2)12(4,5)6;1-9-7-10(2)13(11(3)8-9)12(4,5)6;1-8-6-10(13)12(7-9(8)2)11(3,4)5;1-8-6-9(2)12(10(13)7-8)11(3,4)5/h8H,2H2,1,3-7H3;7H,1-6H3;7-8H,3H2,1-2,4-6H3;7-8H,2H2,1,3-6H3;2*6-7H,1-5H3. The molecule has 0 aliphatic carbocycles. The quantitative estimate of drug-likeness (QED) is 0.223. The molecule has 80 heavy (non-hydrogen) atoms. The van der Waals surface area contributed by atoms with Crippen LogP contribution in [0.3, 0.4) is 0 Å². The lowest BCUT2D eigenvalue weighted by Crippen LogP contribution is -2.40. The highest BCUT2D eigenvalue weighted by atomic mass is 16.1. The van der Waals surface area contributed by atoms with Gasteiger partial charge in [-0.3, -0.25) is 14.4 Å². The van der Waals surface area contributed by atoms with Crippen LogP contribution in [-0.4, -0.2) is 45.0 Å². The summed E-state index contributed by atoms with van der Waals surface area (Å²) >= 11 is 0. The maximum atomic E-state index is 11.8. The zero-order valence-electron chi connectivity index (χ0n) is 56.8. The van der Waals surface area contributed by atoms with Crippen LogP contribution in [0.25, 0.3) is 0 Å². The molecule has 0 atom stereocenters. The van der Waals surface area contributed by atoms with Crippen LogP contribution in [0.15, 0.2) is 151 Å². The number of hydrogen-bond donors (Lipinski definition) is 0. The Kier molecular flexibility index (Phi) is 24.4. The van der Waals surface area contributed by atoms with E-state index in [1.807, 2.05) is 104 Å². The molecule has 0 bridgehead atoms. The van der Waals surface area contributed by atoms with Crippen molar-refractivity contribution in [2.75, 3.05) is 0 Å². The molecular formula is C71H112N6O3. The molecule has 0 aromatic carbocycles. The minimum absolute atomic E-state index is 0.0793. The number of pyridine rings is 3. The largest absolute Gasteiger partial charge is 0.343 e. The topological polar surface area (TPSA) is 75.7 Å². The molecular weight excluding hydrogens is 985 g/mol. The van der Waals surface area contributed by atoms with E-state index in [1.165, 1.54) is 44.8 Å². The van der Waals surface area contributed by atoms with Gasteiger partial charge in [-0.2, -0.15) is 0 Å². The van der Waals surface area contributed by atoms with E-state index < -0.39 is 0 Å². The molecule has 0 fully saturated rings. The average molecular weight is 1100 g/mol. The van der Waals surface area contributed by atoms with Crippen LogP contribution in [-0.2, 0) is 16.6 Å². The van der Waals surface area contributed by atoms with Crippen LogP contribution in [0, 0.1) is 48.5 Å². The molecule has 0 radical (unpaired) electrons. The maximum absolute atomic E-state index is 11.8. The van der Waals surface area contributed by atoms with Gasteiger partial charge >= 0.3 is 0 Å². The van der Waals surface area contributed by atoms with Gasteiger partial charge in [0, 0.05) is 104 Å². The first-order valence-electron chi connectivity index (χ1n) is 28.5. The average Bonchev–Trinajstić information content (AvgIpc) is 3.22. The third kappa shape index (κ3) is 20.2. The van der Waals surface area contributed by atoms with Gasteiger partial charge in [0.25, 0.3) is 16.7 Å². The van der Waals surface area contributed by atoms with Gasteiger partial charge in [0.15, 0.2) is 0 Å². The van der Waals surface area contributed by atoms with Gasteiger partial charge in [-0.25, -0.2) is 0 Å². The molecule has 0 saturated carbocycles. The Bertz CT molecular complexity index is 3140. The van der Waals surface area contributed by atoms with Gasteiger partial charge in [0.05, 0.1) is 0 Å². The zero-order chi connectivity index (χ0) is 63.1. The van der Waals surface area contributed by atoms with Crippen LogP contribution in [0.4, 0.5) is 0 Å². The van der Waals surface area contributed by atoms with Crippen LogP contribution >= 0.6 is 0 Å². The van der Waals surface area contributed by atoms with E-state index in [9.17, 15) is 14.4 Å². The van der Waals surface area contributed by atoms with Gasteiger partial charge < -0.3 is 28.4 Å². The smallest absolute Gasteiger partial charge is 0.251 e. The van der Waals surface area contributed by atoms with Crippen molar-refractivity contribution in [2.24, 2.45) is 0 Å². The summed E-state index contributed by atoms with van der Waals surface area (Å²) in [7, 11) is 0. The summed E-state index contributed by atoms with van der Waals surface area (Å²) in [5.74, 6) is 0. The zero-order valence-corrected chi connectivity index (χ0v) is 56.8. The molecule has 6 heterocycles. The lowest BCUT2D eigenvalue weighted by Gasteiger charge is -2.42. The Hall–Kier alpha value is -6.09. The van der Waals surface area contributed by atoms with Gasteiger partial charge in [0.2, 0.25) is 0 Å². The Morgan fingerprint density at radius 3 is 1.27 bits per heavy atom. The van der Waals surface area contributed by atoms with Gasteiger partial charge in [-0.1, -0.05) is 19.7 Å². The van der Waals surface area contributed by atoms with Gasteiger partial charge in [0.1, 0.15) is 0 Å². The van der Waals surface area contributed by atoms with Crippen molar-refractivity contribution < 1.29 is 0 Å². The van der Waals surface area contributed by atoms with Crippen molar-refractivity contribution in [3.05, 3.63) is 207 Å². The first kappa shape index (κ1) is 71.9. The molecule has 9 nitrogen and oxygen atoms in total. The summed E-state index contributed by atoms with van der Waals surface area (Å²) in [5, 5.41) is 0. The molecule has 0 unspecified atom stereocenters. The maximum Gasteiger partial charge on any atom is 0.251 e. The highest BCUT2D eigenvalue weighted by molar-refractivity contribution is 5.43. The summed E-state index contributed by atoms with van der Waals surface area (Å²) in [5.41, 5.74) is 20.3. The third-order valence-corrected chi connectivity index (χ3v) is 14.3. The van der Waals surface area contributed by atoms with E-state index in [1.54, 1.807) is 22.8 Å². The fraction of sp³-hybridized carbons (Fsp3) is 0.535. The second-order valence-corrected chi connectivity index (χ2v) is 28.3. The lowest BCUT2D eigenvalue weighted by atomic mass is 9.95. The van der Waals surface area contributed by atoms with E-state index in [4.69, 9.17) is 0 Å². The monoisotopic (exact) mass is 1100 g/mol. The van der Waals surface area contributed by atoms with Gasteiger partial charge in [-0.05, 0) is 308 Å². The summed E-state index contributed by atoms with van der Waals surface area (Å²) in [6.45, 7) is 79.3. The molecule has 0 saturated heterocycles. The summed E-state index contributed by atoms with van der Waals surface area (Å²) < 4.78 is 5.45. The summed E-state index contributed by atoms with van der Waals surface area (Å²) in [6.07, 6.45) is 12.7. The second kappa shape index (κ2) is 27.1. The number of aromatic nitrogens is 3. The van der Waals surface area contributed by atoms with E-state index in [0.717, 1.165) is 50.7 Å². The normalized spacial score (nSPS) is 15.2. The number of aryl methyl sites for hydroxylation is 5. The second-order valence-electron chi connectivity index (χ2n) is 28.3. The van der Waals surface area contributed by atoms with Crippen molar-refractivity contribution in [1.82, 2.24) is 28.4 Å². The van der Waals surface area contributed by atoms with Crippen LogP contribution in [0.2, 0.25) is 0 Å². The van der Waals surface area contributed by atoms with Crippen LogP contribution < -0.4 is 16.7 Å². The summed E-state index contributed by atoms with van der Waals surface area (Å²) in [6, 6.07) is 7.12. The molecule has 0 amide bonds. The molecule has 3 aliphatic rings. The molecule has 3 aromatic heterocycles. The predicted octanol–water partition coefficient (Wildman–Crippen LogP) is 17.8. The third-order valence-electron chi connectivity index (χ3n) is 14.3. The number of allylic oxidation sites excluding steroid dienone is 11. The highest BCUT2D eigenvalue weighted by Crippen LogP contribution is 2.34. The Balaban J connectivity index is 0.000000480. The first-order valence-corrected chi connectivity index (χ1v) is 28.5. The summed E-state index contributed by atoms with van der Waals surface area (Å²) in [4.78, 5) is 41.9. The molecule has 0 N–H and O–H groups in total. The molecule has 0 spiro atoms. The molecule has 3 aromatic rings. The molecule has 444 valence electrons. The van der Waals surface area contributed by atoms with E-state index in [2.05, 4.69) is 203 Å². The van der Waals surface area contributed by atoms with E-state index in [0.29, 0.717) is 0 Å². The minimum Gasteiger partial charge on any atom is -0.343 e. The minimum atomic E-state index is -0.139. The van der Waals surface area contributed by atoms with Gasteiger partial charge in [-0.15, -0.1) is 0 Å². The first-order chi connectivity index (χ1) is 35.8. The Morgan fingerprint density at radius 1 is 0.400 bits per heavy atom. The fourth-order valence-electron chi connectivity index (χ4n) is 10.2. The number of rotatable bonds is 0. The molecule has 3 aliphatic heterocycles. The van der Waals surface area contributed by atoms with Crippen LogP contribution in [0.1, 0.15) is 212 Å². The lowest BCUT2D eigenvalue weighted by molar-refractivity contribution is 0.240. The van der Waals surface area contributed by atoms with E-state index >= 15 is 0 Å². The van der Waals surface area contributed by atoms with Crippen molar-refractivity contribution in [2.45, 2.75) is 255 Å². The highest BCUT2D eigenvalue weighted by Gasteiger charge is 2.28. The molecule has 6 rings (SSSR count).